The van der Waals surface area contributed by atoms with Gasteiger partial charge >= 0.3 is 5.97 Å². The predicted octanol–water partition coefficient (Wildman–Crippen LogP) is 2.67. The first-order chi connectivity index (χ1) is 8.66. The molecule has 0 aliphatic heterocycles. The molecule has 1 N–H and O–H groups in total. The molecule has 18 heavy (non-hydrogen) atoms. The Bertz CT molecular complexity index is 566. The molecule has 0 aliphatic rings. The van der Waals surface area contributed by atoms with Gasteiger partial charge in [-0.25, -0.2) is 4.79 Å². The van der Waals surface area contributed by atoms with Gasteiger partial charge in [-0.2, -0.15) is 0 Å². The van der Waals surface area contributed by atoms with Crippen LogP contribution in [0.25, 0.3) is 0 Å². The summed E-state index contributed by atoms with van der Waals surface area (Å²) in [5.41, 5.74) is 1.89. The third-order valence-corrected chi connectivity index (χ3v) is 2.53. The van der Waals surface area contributed by atoms with Gasteiger partial charge in [-0.1, -0.05) is 12.1 Å². The number of aromatic carboxylic acids is 1. The van der Waals surface area contributed by atoms with Gasteiger partial charge < -0.3 is 9.84 Å². The molecule has 0 saturated heterocycles. The summed E-state index contributed by atoms with van der Waals surface area (Å²) in [6.07, 6.45) is 1.70. The number of carboxylic acid groups (broad SMARTS) is 1. The molecular weight excluding hydrogens is 230 g/mol. The van der Waals surface area contributed by atoms with Crippen molar-refractivity contribution in [3.63, 3.8) is 0 Å². The molecule has 0 bridgehead atoms. The topological polar surface area (TPSA) is 59.4 Å². The second-order valence-corrected chi connectivity index (χ2v) is 3.88. The zero-order valence-electron chi connectivity index (χ0n) is 9.96. The minimum atomic E-state index is -0.936. The normalized spacial score (nSPS) is 10.1. The van der Waals surface area contributed by atoms with Gasteiger partial charge in [0.25, 0.3) is 0 Å². The maximum atomic E-state index is 10.8. The van der Waals surface area contributed by atoms with Gasteiger partial charge in [-0.3, -0.25) is 4.98 Å². The van der Waals surface area contributed by atoms with Gasteiger partial charge in [0.2, 0.25) is 0 Å². The van der Waals surface area contributed by atoms with Crippen LogP contribution in [0.5, 0.6) is 5.75 Å². The van der Waals surface area contributed by atoms with Crippen LogP contribution in [0.4, 0.5) is 0 Å². The Morgan fingerprint density at radius 3 is 2.89 bits per heavy atom. The standard InChI is InChI=1S/C14H13NO3/c1-10-13(6-3-7-15-10)18-9-11-4-2-5-12(8-11)14(16)17/h2-8H,9H2,1H3,(H,16,17). The number of carbonyl (C=O) groups is 1. The SMILES string of the molecule is Cc1ncccc1OCc1cccc(C(=O)O)c1. The molecule has 0 fully saturated rings. The molecule has 2 rings (SSSR count). The molecule has 0 atom stereocenters. The van der Waals surface area contributed by atoms with Crippen LogP contribution >= 0.6 is 0 Å². The van der Waals surface area contributed by atoms with Crippen LogP contribution in [0.15, 0.2) is 42.6 Å². The van der Waals surface area contributed by atoms with Crippen molar-refractivity contribution in [3.8, 4) is 5.75 Å². The molecule has 1 aromatic carbocycles. The van der Waals surface area contributed by atoms with Gasteiger partial charge in [0, 0.05) is 6.20 Å². The Hall–Kier alpha value is -2.36. The van der Waals surface area contributed by atoms with Gasteiger partial charge in [0.1, 0.15) is 12.4 Å². The number of hydrogen-bond acceptors (Lipinski definition) is 3. The van der Waals surface area contributed by atoms with Crippen LogP contribution in [0, 0.1) is 6.92 Å². The van der Waals surface area contributed by atoms with E-state index in [1.807, 2.05) is 19.1 Å². The first-order valence-electron chi connectivity index (χ1n) is 5.53. The summed E-state index contributed by atoms with van der Waals surface area (Å²) in [5.74, 6) is -0.229. The van der Waals surface area contributed by atoms with Crippen molar-refractivity contribution in [2.45, 2.75) is 13.5 Å². The average molecular weight is 243 g/mol. The van der Waals surface area contributed by atoms with Gasteiger partial charge in [-0.05, 0) is 36.8 Å². The number of nitrogens with zero attached hydrogens (tertiary/aromatic N) is 1. The molecule has 1 heterocycles. The van der Waals surface area contributed by atoms with Crippen molar-refractivity contribution in [3.05, 3.63) is 59.4 Å². The van der Waals surface area contributed by atoms with Crippen molar-refractivity contribution in [1.29, 1.82) is 0 Å². The zero-order chi connectivity index (χ0) is 13.0. The fraction of sp³-hybridized carbons (Fsp3) is 0.143. The lowest BCUT2D eigenvalue weighted by Gasteiger charge is -2.08. The Kier molecular flexibility index (Phi) is 3.57. The van der Waals surface area contributed by atoms with E-state index in [-0.39, 0.29) is 5.56 Å². The number of benzene rings is 1. The zero-order valence-corrected chi connectivity index (χ0v) is 9.96. The lowest BCUT2D eigenvalue weighted by molar-refractivity contribution is 0.0696. The van der Waals surface area contributed by atoms with Crippen LogP contribution in [-0.4, -0.2) is 16.1 Å². The van der Waals surface area contributed by atoms with Gasteiger partial charge in [0.05, 0.1) is 11.3 Å². The highest BCUT2D eigenvalue weighted by Crippen LogP contribution is 2.16. The Morgan fingerprint density at radius 2 is 2.17 bits per heavy atom. The van der Waals surface area contributed by atoms with E-state index in [4.69, 9.17) is 9.84 Å². The lowest BCUT2D eigenvalue weighted by atomic mass is 10.1. The summed E-state index contributed by atoms with van der Waals surface area (Å²) in [6.45, 7) is 2.19. The largest absolute Gasteiger partial charge is 0.487 e. The minimum absolute atomic E-state index is 0.263. The van der Waals surface area contributed by atoms with Crippen LogP contribution in [0.1, 0.15) is 21.6 Å². The van der Waals surface area contributed by atoms with E-state index in [0.717, 1.165) is 11.3 Å². The van der Waals surface area contributed by atoms with Crippen molar-refractivity contribution in [1.82, 2.24) is 4.98 Å². The van der Waals surface area contributed by atoms with Crippen molar-refractivity contribution >= 4 is 5.97 Å². The first kappa shape index (κ1) is 12.1. The van der Waals surface area contributed by atoms with Crippen LogP contribution < -0.4 is 4.74 Å². The van der Waals surface area contributed by atoms with E-state index in [1.54, 1.807) is 30.5 Å². The Balaban J connectivity index is 2.09. The Morgan fingerprint density at radius 1 is 1.33 bits per heavy atom. The fourth-order valence-electron chi connectivity index (χ4n) is 1.58. The van der Waals surface area contributed by atoms with Crippen LogP contribution in [-0.2, 0) is 6.61 Å². The molecule has 1 aromatic heterocycles. The molecule has 0 spiro atoms. The summed E-state index contributed by atoms with van der Waals surface area (Å²) >= 11 is 0. The number of rotatable bonds is 4. The van der Waals surface area contributed by atoms with Crippen molar-refractivity contribution < 1.29 is 14.6 Å². The maximum absolute atomic E-state index is 10.8. The van der Waals surface area contributed by atoms with Crippen LogP contribution in [0.3, 0.4) is 0 Å². The molecule has 0 aliphatic carbocycles. The van der Waals surface area contributed by atoms with E-state index in [1.165, 1.54) is 0 Å². The lowest BCUT2D eigenvalue weighted by Crippen LogP contribution is -2.01. The fourth-order valence-corrected chi connectivity index (χ4v) is 1.58. The van der Waals surface area contributed by atoms with E-state index in [2.05, 4.69) is 4.98 Å². The number of aromatic nitrogens is 1. The molecule has 4 heteroatoms. The molecule has 0 radical (unpaired) electrons. The quantitative estimate of drug-likeness (QED) is 0.896. The second-order valence-electron chi connectivity index (χ2n) is 3.88. The smallest absolute Gasteiger partial charge is 0.335 e. The molecule has 2 aromatic rings. The Labute approximate surface area is 105 Å². The van der Waals surface area contributed by atoms with E-state index in [0.29, 0.717) is 12.4 Å². The van der Waals surface area contributed by atoms with E-state index in [9.17, 15) is 4.79 Å². The molecule has 0 amide bonds. The number of carboxylic acids is 1. The number of pyridine rings is 1. The third-order valence-electron chi connectivity index (χ3n) is 2.53. The number of hydrogen-bond donors (Lipinski definition) is 1. The third kappa shape index (κ3) is 2.85. The minimum Gasteiger partial charge on any atom is -0.487 e. The summed E-state index contributed by atoms with van der Waals surface area (Å²) in [7, 11) is 0. The maximum Gasteiger partial charge on any atom is 0.335 e. The first-order valence-corrected chi connectivity index (χ1v) is 5.53. The molecule has 0 unspecified atom stereocenters. The summed E-state index contributed by atoms with van der Waals surface area (Å²) in [6, 6.07) is 10.3. The second kappa shape index (κ2) is 5.31. The van der Waals surface area contributed by atoms with Gasteiger partial charge in [-0.15, -0.1) is 0 Å². The molecule has 92 valence electrons. The van der Waals surface area contributed by atoms with E-state index >= 15 is 0 Å². The average Bonchev–Trinajstić information content (AvgIpc) is 2.38. The highest BCUT2D eigenvalue weighted by Gasteiger charge is 2.04. The van der Waals surface area contributed by atoms with Crippen molar-refractivity contribution in [2.24, 2.45) is 0 Å². The summed E-state index contributed by atoms with van der Waals surface area (Å²) in [5, 5.41) is 8.89. The highest BCUT2D eigenvalue weighted by atomic mass is 16.5. The number of ether oxygens (including phenoxy) is 1. The van der Waals surface area contributed by atoms with Crippen molar-refractivity contribution in [2.75, 3.05) is 0 Å². The number of aryl methyl sites for hydroxylation is 1. The summed E-state index contributed by atoms with van der Waals surface area (Å²) < 4.78 is 5.60. The predicted molar refractivity (Wildman–Crippen MR) is 66.7 cm³/mol. The summed E-state index contributed by atoms with van der Waals surface area (Å²) in [4.78, 5) is 14.9. The molecule has 0 saturated carbocycles. The highest BCUT2D eigenvalue weighted by molar-refractivity contribution is 5.87. The van der Waals surface area contributed by atoms with Gasteiger partial charge in [0.15, 0.2) is 0 Å². The molecule has 4 nitrogen and oxygen atoms in total. The van der Waals surface area contributed by atoms with Crippen LogP contribution in [0.2, 0.25) is 0 Å². The monoisotopic (exact) mass is 243 g/mol. The molecular formula is C14H13NO3. The van der Waals surface area contributed by atoms with E-state index < -0.39 is 5.97 Å².